The maximum atomic E-state index is 12.7. The molecule has 0 amide bonds. The average molecular weight is 328 g/mol. The Kier molecular flexibility index (Phi) is 3.09. The van der Waals surface area contributed by atoms with Gasteiger partial charge in [-0.2, -0.15) is 0 Å². The van der Waals surface area contributed by atoms with Gasteiger partial charge in [-0.25, -0.2) is 8.42 Å². The third kappa shape index (κ3) is 2.44. The SMILES string of the molecule is O=S(=O)(Nc1ccc2c(c1)OCO2)c1cccc2cnccc12. The first-order chi connectivity index (χ1) is 11.1. The number of hydrogen-bond acceptors (Lipinski definition) is 5. The van der Waals surface area contributed by atoms with Gasteiger partial charge >= 0.3 is 0 Å². The second kappa shape index (κ2) is 5.13. The van der Waals surface area contributed by atoms with E-state index in [1.54, 1.807) is 48.8 Å². The fourth-order valence-corrected chi connectivity index (χ4v) is 3.78. The molecule has 1 aliphatic heterocycles. The van der Waals surface area contributed by atoms with Crippen molar-refractivity contribution in [3.8, 4) is 11.5 Å². The Labute approximate surface area is 132 Å². The number of nitrogens with zero attached hydrogens (tertiary/aromatic N) is 1. The fraction of sp³-hybridized carbons (Fsp3) is 0.0625. The maximum absolute atomic E-state index is 12.7. The normalized spacial score (nSPS) is 13.2. The first-order valence-corrected chi connectivity index (χ1v) is 8.37. The van der Waals surface area contributed by atoms with Crippen LogP contribution in [0.2, 0.25) is 0 Å². The Morgan fingerprint density at radius 2 is 1.91 bits per heavy atom. The molecule has 116 valence electrons. The quantitative estimate of drug-likeness (QED) is 0.800. The van der Waals surface area contributed by atoms with Crippen molar-refractivity contribution in [3.63, 3.8) is 0 Å². The van der Waals surface area contributed by atoms with Crippen LogP contribution in [0.1, 0.15) is 0 Å². The zero-order chi connectivity index (χ0) is 15.9. The number of sulfonamides is 1. The molecule has 0 saturated carbocycles. The molecule has 7 heteroatoms. The summed E-state index contributed by atoms with van der Waals surface area (Å²) >= 11 is 0. The number of nitrogens with one attached hydrogen (secondary N) is 1. The topological polar surface area (TPSA) is 77.5 Å². The van der Waals surface area contributed by atoms with Crippen LogP contribution in [0.4, 0.5) is 5.69 Å². The summed E-state index contributed by atoms with van der Waals surface area (Å²) in [5.74, 6) is 1.12. The minimum atomic E-state index is -3.73. The molecule has 0 atom stereocenters. The number of fused-ring (bicyclic) bond motifs is 2. The van der Waals surface area contributed by atoms with Crippen molar-refractivity contribution in [2.24, 2.45) is 0 Å². The van der Waals surface area contributed by atoms with E-state index in [0.29, 0.717) is 22.6 Å². The van der Waals surface area contributed by atoms with Crippen molar-refractivity contribution in [2.45, 2.75) is 4.90 Å². The predicted octanol–water partition coefficient (Wildman–Crippen LogP) is 2.76. The van der Waals surface area contributed by atoms with Crippen LogP contribution in [-0.2, 0) is 10.0 Å². The highest BCUT2D eigenvalue weighted by atomic mass is 32.2. The molecule has 1 aliphatic rings. The molecule has 0 fully saturated rings. The third-order valence-electron chi connectivity index (χ3n) is 3.56. The monoisotopic (exact) mass is 328 g/mol. The Morgan fingerprint density at radius 3 is 2.83 bits per heavy atom. The highest BCUT2D eigenvalue weighted by molar-refractivity contribution is 7.93. The molecule has 1 N–H and O–H groups in total. The molecular formula is C16H12N2O4S. The number of benzene rings is 2. The van der Waals surface area contributed by atoms with E-state index in [-0.39, 0.29) is 11.7 Å². The number of pyridine rings is 1. The lowest BCUT2D eigenvalue weighted by Gasteiger charge is -2.10. The van der Waals surface area contributed by atoms with Gasteiger partial charge in [0.15, 0.2) is 11.5 Å². The second-order valence-electron chi connectivity index (χ2n) is 5.03. The van der Waals surface area contributed by atoms with Crippen LogP contribution >= 0.6 is 0 Å². The zero-order valence-corrected chi connectivity index (χ0v) is 12.7. The van der Waals surface area contributed by atoms with Crippen molar-refractivity contribution in [2.75, 3.05) is 11.5 Å². The minimum Gasteiger partial charge on any atom is -0.454 e. The molecule has 2 heterocycles. The summed E-state index contributed by atoms with van der Waals surface area (Å²) in [5.41, 5.74) is 0.417. The number of aromatic nitrogens is 1. The molecule has 0 aliphatic carbocycles. The number of rotatable bonds is 3. The van der Waals surface area contributed by atoms with Crippen LogP contribution in [0, 0.1) is 0 Å². The van der Waals surface area contributed by atoms with Crippen LogP contribution in [0.15, 0.2) is 59.8 Å². The summed E-state index contributed by atoms with van der Waals surface area (Å²) in [6.07, 6.45) is 3.21. The van der Waals surface area contributed by atoms with Gasteiger partial charge in [-0.05, 0) is 24.3 Å². The lowest BCUT2D eigenvalue weighted by molar-refractivity contribution is 0.174. The van der Waals surface area contributed by atoms with E-state index >= 15 is 0 Å². The summed E-state index contributed by atoms with van der Waals surface area (Å²) in [7, 11) is -3.73. The summed E-state index contributed by atoms with van der Waals surface area (Å²) in [6.45, 7) is 0.141. The average Bonchev–Trinajstić information content (AvgIpc) is 3.01. The van der Waals surface area contributed by atoms with E-state index in [4.69, 9.17) is 9.47 Å². The predicted molar refractivity (Wildman–Crippen MR) is 85.1 cm³/mol. The van der Waals surface area contributed by atoms with Gasteiger partial charge in [0.1, 0.15) is 0 Å². The zero-order valence-electron chi connectivity index (χ0n) is 11.9. The van der Waals surface area contributed by atoms with E-state index in [1.807, 2.05) is 6.07 Å². The minimum absolute atomic E-state index is 0.141. The van der Waals surface area contributed by atoms with E-state index in [9.17, 15) is 8.42 Å². The van der Waals surface area contributed by atoms with E-state index in [1.165, 1.54) is 0 Å². The van der Waals surface area contributed by atoms with Crippen LogP contribution in [-0.4, -0.2) is 20.2 Å². The van der Waals surface area contributed by atoms with Gasteiger partial charge in [0.2, 0.25) is 6.79 Å². The highest BCUT2D eigenvalue weighted by Crippen LogP contribution is 2.35. The Bertz CT molecular complexity index is 997. The summed E-state index contributed by atoms with van der Waals surface area (Å²) in [4.78, 5) is 4.22. The number of hydrogen-bond donors (Lipinski definition) is 1. The largest absolute Gasteiger partial charge is 0.454 e. The molecule has 0 unspecified atom stereocenters. The van der Waals surface area contributed by atoms with Gasteiger partial charge in [-0.1, -0.05) is 12.1 Å². The summed E-state index contributed by atoms with van der Waals surface area (Å²) in [5, 5.41) is 1.39. The molecule has 0 saturated heterocycles. The molecule has 0 bridgehead atoms. The molecule has 0 radical (unpaired) electrons. The standard InChI is InChI=1S/C16H12N2O4S/c19-23(20,16-3-1-2-11-9-17-7-6-13(11)16)18-12-4-5-14-15(8-12)22-10-21-14/h1-9,18H,10H2. The van der Waals surface area contributed by atoms with E-state index in [2.05, 4.69) is 9.71 Å². The highest BCUT2D eigenvalue weighted by Gasteiger charge is 2.19. The van der Waals surface area contributed by atoms with Crippen LogP contribution in [0.3, 0.4) is 0 Å². The van der Waals surface area contributed by atoms with Crippen molar-refractivity contribution in [3.05, 3.63) is 54.9 Å². The first-order valence-electron chi connectivity index (χ1n) is 6.89. The molecule has 3 aromatic rings. The van der Waals surface area contributed by atoms with Crippen molar-refractivity contribution >= 4 is 26.5 Å². The maximum Gasteiger partial charge on any atom is 0.262 e. The number of ether oxygens (including phenoxy) is 2. The molecule has 1 aromatic heterocycles. The van der Waals surface area contributed by atoms with E-state index in [0.717, 1.165) is 5.39 Å². The van der Waals surface area contributed by atoms with Gasteiger partial charge in [-0.3, -0.25) is 9.71 Å². The van der Waals surface area contributed by atoms with Gasteiger partial charge in [-0.15, -0.1) is 0 Å². The lowest BCUT2D eigenvalue weighted by Crippen LogP contribution is -2.13. The van der Waals surface area contributed by atoms with Crippen LogP contribution in [0.25, 0.3) is 10.8 Å². The smallest absolute Gasteiger partial charge is 0.262 e. The lowest BCUT2D eigenvalue weighted by atomic mass is 10.2. The van der Waals surface area contributed by atoms with Gasteiger partial charge in [0, 0.05) is 29.2 Å². The van der Waals surface area contributed by atoms with Gasteiger partial charge in [0.25, 0.3) is 10.0 Å². The molecule has 6 nitrogen and oxygen atoms in total. The molecule has 2 aromatic carbocycles. The Balaban J connectivity index is 1.75. The molecule has 4 rings (SSSR count). The van der Waals surface area contributed by atoms with Crippen molar-refractivity contribution < 1.29 is 17.9 Å². The number of anilines is 1. The Hall–Kier alpha value is -2.80. The van der Waals surface area contributed by atoms with E-state index < -0.39 is 10.0 Å². The van der Waals surface area contributed by atoms with Gasteiger partial charge in [0.05, 0.1) is 10.6 Å². The second-order valence-corrected chi connectivity index (χ2v) is 6.68. The third-order valence-corrected chi connectivity index (χ3v) is 4.99. The molecule has 0 spiro atoms. The van der Waals surface area contributed by atoms with Crippen LogP contribution < -0.4 is 14.2 Å². The Morgan fingerprint density at radius 1 is 1.04 bits per heavy atom. The molecule has 23 heavy (non-hydrogen) atoms. The van der Waals surface area contributed by atoms with Crippen LogP contribution in [0.5, 0.6) is 11.5 Å². The molecular weight excluding hydrogens is 316 g/mol. The summed E-state index contributed by atoms with van der Waals surface area (Å²) in [6, 6.07) is 11.7. The van der Waals surface area contributed by atoms with Gasteiger partial charge < -0.3 is 9.47 Å². The summed E-state index contributed by atoms with van der Waals surface area (Å²) < 4.78 is 38.5. The van der Waals surface area contributed by atoms with Crippen molar-refractivity contribution in [1.29, 1.82) is 0 Å². The fourth-order valence-electron chi connectivity index (χ4n) is 2.50. The first kappa shape index (κ1) is 13.8. The van der Waals surface area contributed by atoms with Crippen molar-refractivity contribution in [1.82, 2.24) is 4.98 Å².